The zero-order valence-corrected chi connectivity index (χ0v) is 11.4. The van der Waals surface area contributed by atoms with Crippen LogP contribution in [0.25, 0.3) is 0 Å². The normalized spacial score (nSPS) is 18.4. The number of ether oxygens (including phenoxy) is 1. The molecule has 0 radical (unpaired) electrons. The Labute approximate surface area is 112 Å². The minimum Gasteiger partial charge on any atom is -0.508 e. The topological polar surface area (TPSA) is 70.0 Å². The van der Waals surface area contributed by atoms with Crippen LogP contribution in [0.15, 0.2) is 18.2 Å². The Hall–Kier alpha value is -1.91. The molecule has 1 aromatic carbocycles. The van der Waals surface area contributed by atoms with Crippen molar-refractivity contribution in [1.29, 1.82) is 0 Å². The number of phenols is 1. The van der Waals surface area contributed by atoms with Gasteiger partial charge in [0, 0.05) is 17.5 Å². The molecule has 5 heteroatoms. The summed E-state index contributed by atoms with van der Waals surface area (Å²) in [6, 6.07) is 4.80. The highest BCUT2D eigenvalue weighted by Crippen LogP contribution is 2.34. The molecule has 0 saturated heterocycles. The van der Waals surface area contributed by atoms with Crippen LogP contribution in [0.2, 0.25) is 0 Å². The molecule has 1 aliphatic heterocycles. The van der Waals surface area contributed by atoms with E-state index in [1.54, 1.807) is 18.2 Å². The Kier molecular flexibility index (Phi) is 3.30. The summed E-state index contributed by atoms with van der Waals surface area (Å²) in [6.07, 6.45) is -0.508. The first-order valence-electron chi connectivity index (χ1n) is 6.26. The molecule has 0 aliphatic carbocycles. The second-order valence-corrected chi connectivity index (χ2v) is 5.75. The third-order valence-corrected chi connectivity index (χ3v) is 3.27. The van der Waals surface area contributed by atoms with Gasteiger partial charge in [0.05, 0.1) is 6.04 Å². The summed E-state index contributed by atoms with van der Waals surface area (Å²) in [5.41, 5.74) is 0.163. The first-order valence-corrected chi connectivity index (χ1v) is 6.26. The molecule has 104 valence electrons. The average Bonchev–Trinajstić information content (AvgIpc) is 2.28. The van der Waals surface area contributed by atoms with E-state index in [0.717, 1.165) is 0 Å². The van der Waals surface area contributed by atoms with E-state index >= 15 is 0 Å². The Bertz CT molecular complexity index is 493. The quantitative estimate of drug-likeness (QED) is 0.818. The highest BCUT2D eigenvalue weighted by atomic mass is 16.5. The van der Waals surface area contributed by atoms with Crippen molar-refractivity contribution in [2.45, 2.75) is 38.8 Å². The second kappa shape index (κ2) is 4.64. The molecule has 1 amide bonds. The molecule has 1 unspecified atom stereocenters. The van der Waals surface area contributed by atoms with Gasteiger partial charge in [-0.25, -0.2) is 4.79 Å². The maximum Gasteiger partial charge on any atom is 0.408 e. The van der Waals surface area contributed by atoms with Crippen LogP contribution in [0.3, 0.4) is 0 Å². The van der Waals surface area contributed by atoms with Gasteiger partial charge in [-0.15, -0.1) is 0 Å². The van der Waals surface area contributed by atoms with Crippen molar-refractivity contribution in [2.24, 2.45) is 0 Å². The summed E-state index contributed by atoms with van der Waals surface area (Å²) in [4.78, 5) is 12.8. The van der Waals surface area contributed by atoms with Crippen molar-refractivity contribution in [3.05, 3.63) is 23.8 Å². The van der Waals surface area contributed by atoms with Crippen LogP contribution >= 0.6 is 0 Å². The predicted molar refractivity (Wildman–Crippen MR) is 70.7 cm³/mol. The van der Waals surface area contributed by atoms with Crippen molar-refractivity contribution >= 4 is 6.09 Å². The Morgan fingerprint density at radius 2 is 2.11 bits per heavy atom. The minimum atomic E-state index is -0.972. The van der Waals surface area contributed by atoms with Gasteiger partial charge in [-0.3, -0.25) is 4.90 Å². The van der Waals surface area contributed by atoms with E-state index < -0.39 is 11.6 Å². The summed E-state index contributed by atoms with van der Waals surface area (Å²) < 4.78 is 5.58. The van der Waals surface area contributed by atoms with Crippen LogP contribution in [-0.2, 0) is 6.42 Å². The van der Waals surface area contributed by atoms with Gasteiger partial charge in [0.15, 0.2) is 0 Å². The number of aromatic hydroxyl groups is 1. The maximum absolute atomic E-state index is 11.5. The number of carbonyl (C=O) groups is 1. The van der Waals surface area contributed by atoms with E-state index in [1.807, 2.05) is 20.8 Å². The minimum absolute atomic E-state index is 0.154. The highest BCUT2D eigenvalue weighted by molar-refractivity contribution is 5.67. The summed E-state index contributed by atoms with van der Waals surface area (Å²) in [5.74, 6) is 0.789. The average molecular weight is 265 g/mol. The maximum atomic E-state index is 11.5. The first kappa shape index (κ1) is 13.5. The van der Waals surface area contributed by atoms with Crippen LogP contribution in [0.4, 0.5) is 4.79 Å². The molecule has 0 aromatic heterocycles. The molecule has 2 N–H and O–H groups in total. The number of nitrogens with zero attached hydrogens (tertiary/aromatic N) is 1. The molecule has 19 heavy (non-hydrogen) atoms. The van der Waals surface area contributed by atoms with E-state index in [9.17, 15) is 15.0 Å². The number of hydrogen-bond donors (Lipinski definition) is 2. The lowest BCUT2D eigenvalue weighted by Crippen LogP contribution is -2.55. The summed E-state index contributed by atoms with van der Waals surface area (Å²) >= 11 is 0. The van der Waals surface area contributed by atoms with Gasteiger partial charge in [-0.1, -0.05) is 6.07 Å². The summed E-state index contributed by atoms with van der Waals surface area (Å²) in [5, 5.41) is 19.2. The smallest absolute Gasteiger partial charge is 0.408 e. The van der Waals surface area contributed by atoms with Gasteiger partial charge >= 0.3 is 6.09 Å². The fraction of sp³-hybridized carbons (Fsp3) is 0.500. The molecule has 0 fully saturated rings. The number of carboxylic acid groups (broad SMARTS) is 1. The van der Waals surface area contributed by atoms with Crippen molar-refractivity contribution in [3.63, 3.8) is 0 Å². The van der Waals surface area contributed by atoms with Gasteiger partial charge in [-0.05, 0) is 32.9 Å². The molecule has 0 bridgehead atoms. The molecule has 0 saturated carbocycles. The predicted octanol–water partition coefficient (Wildman–Crippen LogP) is 2.47. The zero-order valence-electron chi connectivity index (χ0n) is 11.4. The molecule has 1 atom stereocenters. The fourth-order valence-corrected chi connectivity index (χ4v) is 2.53. The zero-order chi connectivity index (χ0) is 14.2. The molecule has 5 nitrogen and oxygen atoms in total. The molecular weight excluding hydrogens is 246 g/mol. The van der Waals surface area contributed by atoms with Crippen molar-refractivity contribution in [1.82, 2.24) is 4.90 Å². The Morgan fingerprint density at radius 1 is 1.42 bits per heavy atom. The van der Waals surface area contributed by atoms with Crippen LogP contribution in [0, 0.1) is 0 Å². The van der Waals surface area contributed by atoms with Gasteiger partial charge in [0.1, 0.15) is 18.1 Å². The lowest BCUT2D eigenvalue weighted by Gasteiger charge is -2.41. The molecule has 2 rings (SSSR count). The van der Waals surface area contributed by atoms with E-state index in [2.05, 4.69) is 0 Å². The third-order valence-electron chi connectivity index (χ3n) is 3.27. The monoisotopic (exact) mass is 265 g/mol. The highest BCUT2D eigenvalue weighted by Gasteiger charge is 2.36. The fourth-order valence-electron chi connectivity index (χ4n) is 2.53. The lowest BCUT2D eigenvalue weighted by molar-refractivity contribution is 0.0447. The molecule has 1 heterocycles. The van der Waals surface area contributed by atoms with E-state index in [4.69, 9.17) is 4.74 Å². The van der Waals surface area contributed by atoms with Gasteiger partial charge < -0.3 is 14.9 Å². The number of hydrogen-bond acceptors (Lipinski definition) is 3. The molecule has 1 aromatic rings. The van der Waals surface area contributed by atoms with Crippen molar-refractivity contribution in [3.8, 4) is 11.5 Å². The van der Waals surface area contributed by atoms with Gasteiger partial charge in [0.2, 0.25) is 0 Å². The van der Waals surface area contributed by atoms with Crippen LogP contribution in [0.5, 0.6) is 11.5 Å². The van der Waals surface area contributed by atoms with Crippen LogP contribution < -0.4 is 4.74 Å². The van der Waals surface area contributed by atoms with Crippen LogP contribution in [-0.4, -0.2) is 39.4 Å². The number of rotatable bonds is 1. The lowest BCUT2D eigenvalue weighted by atomic mass is 9.96. The number of benzene rings is 1. The number of fused-ring (bicyclic) bond motifs is 1. The van der Waals surface area contributed by atoms with Gasteiger partial charge in [0.25, 0.3) is 0 Å². The number of amides is 1. The molecular formula is C14H19NO4. The Morgan fingerprint density at radius 3 is 2.68 bits per heavy atom. The largest absolute Gasteiger partial charge is 0.508 e. The van der Waals surface area contributed by atoms with E-state index in [0.29, 0.717) is 24.3 Å². The SMILES string of the molecule is CC(C)(C)N(C(=O)O)C1COc2cccc(O)c2C1. The standard InChI is InChI=1S/C14H19NO4/c1-14(2,3)15(13(17)18)9-7-10-11(16)5-4-6-12(10)19-8-9/h4-6,9,16H,7-8H2,1-3H3,(H,17,18). The van der Waals surface area contributed by atoms with Crippen molar-refractivity contribution < 1.29 is 19.7 Å². The summed E-state index contributed by atoms with van der Waals surface area (Å²) in [6.45, 7) is 5.85. The van der Waals surface area contributed by atoms with E-state index in [1.165, 1.54) is 4.90 Å². The van der Waals surface area contributed by atoms with E-state index in [-0.39, 0.29) is 11.8 Å². The van der Waals surface area contributed by atoms with Crippen LogP contribution in [0.1, 0.15) is 26.3 Å². The second-order valence-electron chi connectivity index (χ2n) is 5.75. The third kappa shape index (κ3) is 2.59. The molecule has 1 aliphatic rings. The summed E-state index contributed by atoms with van der Waals surface area (Å²) in [7, 11) is 0. The van der Waals surface area contributed by atoms with Gasteiger partial charge in [-0.2, -0.15) is 0 Å². The Balaban J connectivity index is 2.30. The van der Waals surface area contributed by atoms with Crippen molar-refractivity contribution in [2.75, 3.05) is 6.61 Å². The number of phenolic OH excluding ortho intramolecular Hbond substituents is 1. The first-order chi connectivity index (χ1) is 8.80. The molecule has 0 spiro atoms.